The van der Waals surface area contributed by atoms with Crippen LogP contribution >= 0.6 is 15.6 Å². The molecule has 0 aliphatic heterocycles. The van der Waals surface area contributed by atoms with E-state index in [1.165, 1.54) is 83.5 Å². The van der Waals surface area contributed by atoms with Crippen molar-refractivity contribution < 1.29 is 80.2 Å². The molecule has 0 saturated heterocycles. The molecule has 2 unspecified atom stereocenters. The Morgan fingerprint density at radius 3 is 0.895 bits per heavy atom. The van der Waals surface area contributed by atoms with Gasteiger partial charge < -0.3 is 33.8 Å². The van der Waals surface area contributed by atoms with E-state index in [-0.39, 0.29) is 25.7 Å². The van der Waals surface area contributed by atoms with Crippen molar-refractivity contribution in [2.24, 2.45) is 5.92 Å². The molecule has 0 fully saturated rings. The fourth-order valence-electron chi connectivity index (χ4n) is 8.34. The maximum absolute atomic E-state index is 12.9. The molecule has 0 bridgehead atoms. The average molecular weight is 1130 g/mol. The minimum absolute atomic E-state index is 0.104. The first-order chi connectivity index (χ1) is 36.5. The van der Waals surface area contributed by atoms with E-state index in [1.54, 1.807) is 0 Å². The number of hydrogen-bond acceptors (Lipinski definition) is 15. The molecule has 76 heavy (non-hydrogen) atoms. The van der Waals surface area contributed by atoms with Crippen LogP contribution in [0.2, 0.25) is 0 Å². The number of esters is 4. The molecule has 19 heteroatoms. The molecule has 5 atom stereocenters. The maximum Gasteiger partial charge on any atom is 0.472 e. The molecule has 0 radical (unpaired) electrons. The van der Waals surface area contributed by atoms with Gasteiger partial charge in [0, 0.05) is 25.7 Å². The molecule has 0 aromatic rings. The highest BCUT2D eigenvalue weighted by molar-refractivity contribution is 7.47. The van der Waals surface area contributed by atoms with E-state index in [0.717, 1.165) is 115 Å². The Hall–Kier alpha value is -1.94. The van der Waals surface area contributed by atoms with Crippen LogP contribution < -0.4 is 0 Å². The van der Waals surface area contributed by atoms with E-state index in [2.05, 4.69) is 34.6 Å². The Morgan fingerprint density at radius 2 is 0.605 bits per heavy atom. The third-order valence-corrected chi connectivity index (χ3v) is 14.9. The second-order valence-electron chi connectivity index (χ2n) is 21.2. The Labute approximate surface area is 460 Å². The molecule has 0 aromatic carbocycles. The molecule has 0 spiro atoms. The number of phosphoric ester groups is 2. The lowest BCUT2D eigenvalue weighted by Gasteiger charge is -2.21. The number of rotatable bonds is 57. The van der Waals surface area contributed by atoms with Crippen LogP contribution in [0.4, 0.5) is 0 Å². The van der Waals surface area contributed by atoms with E-state index in [9.17, 15) is 43.2 Å². The number of carbonyl (C=O) groups excluding carboxylic acids is 4. The van der Waals surface area contributed by atoms with Crippen molar-refractivity contribution in [1.82, 2.24) is 0 Å². The summed E-state index contributed by atoms with van der Waals surface area (Å²) in [6, 6.07) is 0. The molecule has 0 aromatic heterocycles. The van der Waals surface area contributed by atoms with Crippen molar-refractivity contribution >= 4 is 39.5 Å². The van der Waals surface area contributed by atoms with Crippen LogP contribution in [0.1, 0.15) is 279 Å². The number of hydrogen-bond donors (Lipinski definition) is 3. The Morgan fingerprint density at radius 1 is 0.355 bits per heavy atom. The van der Waals surface area contributed by atoms with Gasteiger partial charge in [-0.05, 0) is 31.6 Å². The summed E-state index contributed by atoms with van der Waals surface area (Å²) in [5.41, 5.74) is 0. The Bertz CT molecular complexity index is 1500. The zero-order valence-electron chi connectivity index (χ0n) is 48.4. The third kappa shape index (κ3) is 51.5. The Kier molecular flexibility index (Phi) is 49.9. The summed E-state index contributed by atoms with van der Waals surface area (Å²) < 4.78 is 67.4. The summed E-state index contributed by atoms with van der Waals surface area (Å²) in [5, 5.41) is 10.5. The van der Waals surface area contributed by atoms with E-state index >= 15 is 0 Å². The molecule has 0 saturated carbocycles. The van der Waals surface area contributed by atoms with E-state index < -0.39 is 97.5 Å². The maximum atomic E-state index is 12.9. The largest absolute Gasteiger partial charge is 0.472 e. The number of aliphatic hydroxyl groups is 1. The second kappa shape index (κ2) is 51.2. The van der Waals surface area contributed by atoms with E-state index in [0.29, 0.717) is 25.7 Å². The van der Waals surface area contributed by atoms with Gasteiger partial charge in [-0.3, -0.25) is 37.3 Å². The zero-order chi connectivity index (χ0) is 56.4. The van der Waals surface area contributed by atoms with Gasteiger partial charge in [0.2, 0.25) is 0 Å². The van der Waals surface area contributed by atoms with Gasteiger partial charge in [-0.25, -0.2) is 9.13 Å². The normalized spacial score (nSPS) is 14.4. The summed E-state index contributed by atoms with van der Waals surface area (Å²) in [7, 11) is -9.86. The minimum atomic E-state index is -4.93. The van der Waals surface area contributed by atoms with Crippen LogP contribution in [0.25, 0.3) is 0 Å². The first kappa shape index (κ1) is 74.1. The van der Waals surface area contributed by atoms with Crippen LogP contribution in [-0.4, -0.2) is 96.7 Å². The standard InChI is InChI=1S/C57H110O17P2/c1-6-9-12-15-17-26-31-36-41-55(60)68-47-53(74-57(62)43-38-33-28-24-22-20-19-21-23-25-30-34-39-50(4)5)49-72-76(65,66)70-45-51(58)44-69-75(63,64)71-48-52(46-67-54(59)40-35-29-14-11-8-3)73-56(61)42-37-32-27-18-16-13-10-7-2/h50-53,58H,6-49H2,1-5H3,(H,63,64)(H,65,66)/t51-,52+,53+/m0/s1. The van der Waals surface area contributed by atoms with Gasteiger partial charge in [-0.1, -0.05) is 227 Å². The molecule has 0 amide bonds. The highest BCUT2D eigenvalue weighted by atomic mass is 31.2. The van der Waals surface area contributed by atoms with E-state index in [4.69, 9.17) is 37.0 Å². The summed E-state index contributed by atoms with van der Waals surface area (Å²) in [6.07, 6.45) is 32.5. The lowest BCUT2D eigenvalue weighted by molar-refractivity contribution is -0.161. The molecule has 0 aliphatic rings. The molecular formula is C57H110O17P2. The topological polar surface area (TPSA) is 237 Å². The molecule has 450 valence electrons. The van der Waals surface area contributed by atoms with Crippen molar-refractivity contribution in [2.75, 3.05) is 39.6 Å². The number of unbranched alkanes of at least 4 members (excludes halogenated alkanes) is 29. The lowest BCUT2D eigenvalue weighted by atomic mass is 10.0. The molecule has 3 N–H and O–H groups in total. The van der Waals surface area contributed by atoms with Crippen LogP contribution in [0.5, 0.6) is 0 Å². The van der Waals surface area contributed by atoms with Gasteiger partial charge in [0.25, 0.3) is 0 Å². The summed E-state index contributed by atoms with van der Waals surface area (Å²) in [5.74, 6) is -1.38. The number of carbonyl (C=O) groups is 4. The molecule has 0 aliphatic carbocycles. The van der Waals surface area contributed by atoms with Crippen molar-refractivity contribution in [2.45, 2.75) is 297 Å². The minimum Gasteiger partial charge on any atom is -0.462 e. The quantitative estimate of drug-likeness (QED) is 0.0222. The van der Waals surface area contributed by atoms with Crippen molar-refractivity contribution in [3.05, 3.63) is 0 Å². The number of aliphatic hydroxyl groups excluding tert-OH is 1. The van der Waals surface area contributed by atoms with Crippen LogP contribution in [-0.2, 0) is 65.4 Å². The van der Waals surface area contributed by atoms with Crippen LogP contribution in [0, 0.1) is 5.92 Å². The van der Waals surface area contributed by atoms with Crippen LogP contribution in [0.3, 0.4) is 0 Å². The van der Waals surface area contributed by atoms with Crippen molar-refractivity contribution in [3.8, 4) is 0 Å². The highest BCUT2D eigenvalue weighted by Gasteiger charge is 2.30. The van der Waals surface area contributed by atoms with Crippen LogP contribution in [0.15, 0.2) is 0 Å². The van der Waals surface area contributed by atoms with Crippen molar-refractivity contribution in [3.63, 3.8) is 0 Å². The molecule has 0 rings (SSSR count). The van der Waals surface area contributed by atoms with Gasteiger partial charge in [0.05, 0.1) is 26.4 Å². The molecule has 0 heterocycles. The number of ether oxygens (including phenoxy) is 4. The van der Waals surface area contributed by atoms with E-state index in [1.807, 2.05) is 0 Å². The Balaban J connectivity index is 5.13. The smallest absolute Gasteiger partial charge is 0.462 e. The predicted molar refractivity (Wildman–Crippen MR) is 298 cm³/mol. The van der Waals surface area contributed by atoms with Crippen molar-refractivity contribution in [1.29, 1.82) is 0 Å². The molecular weight excluding hydrogens is 1020 g/mol. The summed E-state index contributed by atoms with van der Waals surface area (Å²) in [4.78, 5) is 71.5. The average Bonchev–Trinajstić information content (AvgIpc) is 3.38. The first-order valence-corrected chi connectivity index (χ1v) is 33.1. The van der Waals surface area contributed by atoms with Gasteiger partial charge >= 0.3 is 39.5 Å². The van der Waals surface area contributed by atoms with Gasteiger partial charge in [-0.2, -0.15) is 0 Å². The lowest BCUT2D eigenvalue weighted by Crippen LogP contribution is -2.30. The third-order valence-electron chi connectivity index (χ3n) is 13.0. The molecule has 17 nitrogen and oxygen atoms in total. The summed E-state index contributed by atoms with van der Waals surface area (Å²) >= 11 is 0. The fraction of sp³-hybridized carbons (Fsp3) is 0.930. The fourth-order valence-corrected chi connectivity index (χ4v) is 9.92. The first-order valence-electron chi connectivity index (χ1n) is 30.1. The van der Waals surface area contributed by atoms with Gasteiger partial charge in [-0.15, -0.1) is 0 Å². The second-order valence-corrected chi connectivity index (χ2v) is 24.1. The summed E-state index contributed by atoms with van der Waals surface area (Å²) in [6.45, 7) is 7.01. The SMILES string of the molecule is CCCCCCCCCCC(=O)OC[C@H](COP(=O)(O)OC[C@@H](O)COP(=O)(O)OC[C@@H](COC(=O)CCCCCCC)OC(=O)CCCCCCCCCC)OC(=O)CCCCCCCCCCCCCCC(C)C. The highest BCUT2D eigenvalue weighted by Crippen LogP contribution is 2.45. The van der Waals surface area contributed by atoms with Gasteiger partial charge in [0.15, 0.2) is 12.2 Å². The zero-order valence-corrected chi connectivity index (χ0v) is 50.2. The van der Waals surface area contributed by atoms with Gasteiger partial charge in [0.1, 0.15) is 19.3 Å². The monoisotopic (exact) mass is 1130 g/mol. The predicted octanol–water partition coefficient (Wildman–Crippen LogP) is 15.1. The number of phosphoric acid groups is 2.